The fraction of sp³-hybridized carbons (Fsp3) is 0.250. The highest BCUT2D eigenvalue weighted by Crippen LogP contribution is 2.32. The third-order valence-corrected chi connectivity index (χ3v) is 1.64. The van der Waals surface area contributed by atoms with Crippen LogP contribution in [-0.4, -0.2) is 7.25 Å². The summed E-state index contributed by atoms with van der Waals surface area (Å²) in [6.07, 6.45) is -4.40. The van der Waals surface area contributed by atoms with E-state index in [4.69, 9.17) is 5.39 Å². The number of halogens is 7. The van der Waals surface area contributed by atoms with E-state index in [2.05, 4.69) is 4.98 Å². The number of benzene rings is 1. The van der Waals surface area contributed by atoms with Gasteiger partial charge < -0.3 is 17.3 Å². The Morgan fingerprint density at radius 3 is 1.89 bits per heavy atom. The molecule has 0 bridgehead atoms. The van der Waals surface area contributed by atoms with Crippen LogP contribution in [0.25, 0.3) is 4.98 Å². The van der Waals surface area contributed by atoms with E-state index in [1.807, 2.05) is 0 Å². The molecule has 0 unspecified atom stereocenters. The fourth-order valence-electron chi connectivity index (χ4n) is 0.893. The standard InChI is InChI=1S/C8H6F3N2.BF4/c1-5-2-3-6(8(9,10)11)4-7(5)13-12;2-1(3,4)5/h2-4H,1H3;/q+1;-1. The van der Waals surface area contributed by atoms with Gasteiger partial charge in [-0.25, -0.2) is 0 Å². The highest BCUT2D eigenvalue weighted by molar-refractivity contribution is 6.50. The number of nitrogens with zero attached hydrogens (tertiary/aromatic N) is 2. The van der Waals surface area contributed by atoms with Crippen molar-refractivity contribution in [1.82, 2.24) is 0 Å². The van der Waals surface area contributed by atoms with Crippen LogP contribution in [0.3, 0.4) is 0 Å². The lowest BCUT2D eigenvalue weighted by molar-refractivity contribution is -0.137. The molecule has 100 valence electrons. The lowest BCUT2D eigenvalue weighted by atomic mass is 10.1. The number of rotatable bonds is 0. The highest BCUT2D eigenvalue weighted by Gasteiger charge is 2.32. The quantitative estimate of drug-likeness (QED) is 0.379. The Balaban J connectivity index is 0.000000494. The van der Waals surface area contributed by atoms with Gasteiger partial charge in [0, 0.05) is 11.6 Å². The number of diazo groups is 1. The number of alkyl halides is 3. The van der Waals surface area contributed by atoms with Crippen LogP contribution in [0.4, 0.5) is 36.1 Å². The van der Waals surface area contributed by atoms with Gasteiger partial charge in [0.1, 0.15) is 0 Å². The van der Waals surface area contributed by atoms with E-state index in [-0.39, 0.29) is 5.69 Å². The van der Waals surface area contributed by atoms with E-state index in [0.717, 1.165) is 12.1 Å². The monoisotopic (exact) mass is 274 g/mol. The van der Waals surface area contributed by atoms with Crippen molar-refractivity contribution in [1.29, 1.82) is 5.39 Å². The molecule has 0 aliphatic heterocycles. The molecule has 1 aromatic rings. The van der Waals surface area contributed by atoms with Crippen LogP contribution in [0.15, 0.2) is 18.2 Å². The summed E-state index contributed by atoms with van der Waals surface area (Å²) in [4.78, 5) is 2.74. The van der Waals surface area contributed by atoms with E-state index in [1.165, 1.54) is 6.07 Å². The van der Waals surface area contributed by atoms with Crippen LogP contribution in [0, 0.1) is 12.3 Å². The molecule has 0 amide bonds. The second-order valence-electron chi connectivity index (χ2n) is 3.09. The first kappa shape index (κ1) is 16.2. The van der Waals surface area contributed by atoms with E-state index < -0.39 is 19.0 Å². The van der Waals surface area contributed by atoms with Crippen LogP contribution in [-0.2, 0) is 6.18 Å². The summed E-state index contributed by atoms with van der Waals surface area (Å²) in [5.74, 6) is 0. The summed E-state index contributed by atoms with van der Waals surface area (Å²) < 4.78 is 75.3. The van der Waals surface area contributed by atoms with Crippen molar-refractivity contribution in [3.63, 3.8) is 0 Å². The molecule has 0 spiro atoms. The van der Waals surface area contributed by atoms with Crippen molar-refractivity contribution in [2.45, 2.75) is 13.1 Å². The Labute approximate surface area is 97.1 Å². The molecule has 10 heteroatoms. The van der Waals surface area contributed by atoms with Gasteiger partial charge >= 0.3 is 19.1 Å². The first-order chi connectivity index (χ1) is 7.95. The van der Waals surface area contributed by atoms with Crippen molar-refractivity contribution < 1.29 is 30.4 Å². The summed E-state index contributed by atoms with van der Waals surface area (Å²) in [7, 11) is -6.00. The molecule has 0 atom stereocenters. The van der Waals surface area contributed by atoms with Crippen molar-refractivity contribution in [3.8, 4) is 0 Å². The molecular formula is C8H6BF7N2. The average molecular weight is 274 g/mol. The van der Waals surface area contributed by atoms with Crippen LogP contribution in [0.2, 0.25) is 0 Å². The molecule has 0 aliphatic carbocycles. The Bertz CT molecular complexity index is 440. The third kappa shape index (κ3) is 6.72. The van der Waals surface area contributed by atoms with E-state index >= 15 is 0 Å². The van der Waals surface area contributed by atoms with Crippen molar-refractivity contribution in [2.24, 2.45) is 0 Å². The van der Waals surface area contributed by atoms with Crippen molar-refractivity contribution >= 4 is 12.9 Å². The van der Waals surface area contributed by atoms with Crippen LogP contribution >= 0.6 is 0 Å². The molecule has 0 N–H and O–H groups in total. The summed E-state index contributed by atoms with van der Waals surface area (Å²) >= 11 is 0. The van der Waals surface area contributed by atoms with Gasteiger partial charge in [-0.2, -0.15) is 13.2 Å². The smallest absolute Gasteiger partial charge is 0.418 e. The molecule has 1 rings (SSSR count). The Hall–Kier alpha value is -1.79. The molecule has 0 aromatic heterocycles. The maximum absolute atomic E-state index is 12.1. The Morgan fingerprint density at radius 2 is 1.56 bits per heavy atom. The molecular weight excluding hydrogens is 268 g/mol. The zero-order chi connectivity index (χ0) is 14.6. The Kier molecular flexibility index (Phi) is 5.14. The normalized spacial score (nSPS) is 11.3. The summed E-state index contributed by atoms with van der Waals surface area (Å²) in [5.41, 5.74) is -0.378. The molecule has 0 heterocycles. The molecule has 0 fully saturated rings. The second-order valence-corrected chi connectivity index (χ2v) is 3.09. The summed E-state index contributed by atoms with van der Waals surface area (Å²) in [6.45, 7) is 1.56. The third-order valence-electron chi connectivity index (χ3n) is 1.64. The largest absolute Gasteiger partial charge is 0.673 e. The Morgan fingerprint density at radius 1 is 1.11 bits per heavy atom. The van der Waals surface area contributed by atoms with Crippen molar-refractivity contribution in [2.75, 3.05) is 0 Å². The van der Waals surface area contributed by atoms with Gasteiger partial charge in [0.25, 0.3) is 0 Å². The lowest BCUT2D eigenvalue weighted by Crippen LogP contribution is -2.04. The fourth-order valence-corrected chi connectivity index (χ4v) is 0.893. The minimum absolute atomic E-state index is 0.0603. The zero-order valence-corrected chi connectivity index (χ0v) is 8.85. The molecule has 0 saturated carbocycles. The molecule has 1 aromatic carbocycles. The summed E-state index contributed by atoms with van der Waals surface area (Å²) in [6, 6.07) is 3.01. The van der Waals surface area contributed by atoms with Gasteiger partial charge in [-0.3, -0.25) is 0 Å². The van der Waals surface area contributed by atoms with Crippen LogP contribution in [0.1, 0.15) is 11.1 Å². The maximum atomic E-state index is 12.1. The molecule has 18 heavy (non-hydrogen) atoms. The zero-order valence-electron chi connectivity index (χ0n) is 8.85. The van der Waals surface area contributed by atoms with Gasteiger partial charge in [-0.05, 0) is 13.0 Å². The summed E-state index contributed by atoms with van der Waals surface area (Å²) in [5, 5.41) is 8.37. The predicted octanol–water partition coefficient (Wildman–Crippen LogP) is 4.80. The molecule has 2 nitrogen and oxygen atoms in total. The van der Waals surface area contributed by atoms with Gasteiger partial charge in [0.05, 0.1) is 5.56 Å². The predicted molar refractivity (Wildman–Crippen MR) is 51.1 cm³/mol. The van der Waals surface area contributed by atoms with E-state index in [0.29, 0.717) is 5.56 Å². The van der Waals surface area contributed by atoms with Crippen LogP contribution < -0.4 is 0 Å². The van der Waals surface area contributed by atoms with E-state index in [9.17, 15) is 30.4 Å². The highest BCUT2D eigenvalue weighted by atomic mass is 19.5. The minimum atomic E-state index is -6.00. The van der Waals surface area contributed by atoms with Crippen LogP contribution in [0.5, 0.6) is 0 Å². The van der Waals surface area contributed by atoms with E-state index in [1.54, 1.807) is 6.92 Å². The molecule has 0 radical (unpaired) electrons. The molecule has 0 saturated heterocycles. The minimum Gasteiger partial charge on any atom is -0.418 e. The number of hydrogen-bond acceptors (Lipinski definition) is 1. The van der Waals surface area contributed by atoms with Crippen molar-refractivity contribution in [3.05, 3.63) is 34.3 Å². The van der Waals surface area contributed by atoms with Gasteiger partial charge in [0.2, 0.25) is 5.39 Å². The number of hydrogen-bond donors (Lipinski definition) is 0. The average Bonchev–Trinajstić information content (AvgIpc) is 2.14. The van der Waals surface area contributed by atoms with Gasteiger partial charge in [-0.1, -0.05) is 6.07 Å². The first-order valence-corrected chi connectivity index (χ1v) is 4.35. The van der Waals surface area contributed by atoms with Gasteiger partial charge in [-0.15, -0.1) is 0 Å². The first-order valence-electron chi connectivity index (χ1n) is 4.35. The molecule has 0 aliphatic rings. The number of aryl methyl sites for hydroxylation is 1. The second kappa shape index (κ2) is 5.70. The SMILES string of the molecule is Cc1ccc(C(F)(F)F)cc1[N+]#N.F[B-](F)(F)F. The lowest BCUT2D eigenvalue weighted by Gasteiger charge is -2.04. The van der Waals surface area contributed by atoms with Gasteiger partial charge in [0.15, 0.2) is 4.98 Å². The topological polar surface area (TPSA) is 28.1 Å². The maximum Gasteiger partial charge on any atom is 0.673 e.